The van der Waals surface area contributed by atoms with E-state index >= 15 is 0 Å². The van der Waals surface area contributed by atoms with E-state index in [2.05, 4.69) is 31.3 Å². The quantitative estimate of drug-likeness (QED) is 0.361. The van der Waals surface area contributed by atoms with E-state index < -0.39 is 28.3 Å². The van der Waals surface area contributed by atoms with Crippen molar-refractivity contribution in [1.29, 1.82) is 0 Å². The zero-order valence-corrected chi connectivity index (χ0v) is 21.1. The number of carbonyl (C=O) groups is 1. The van der Waals surface area contributed by atoms with E-state index in [1.54, 1.807) is 12.1 Å². The molecule has 0 aliphatic carbocycles. The minimum atomic E-state index is -3.99. The predicted molar refractivity (Wildman–Crippen MR) is 136 cm³/mol. The highest BCUT2D eigenvalue weighted by molar-refractivity contribution is 7.89. The molecule has 0 saturated heterocycles. The molecular weight excluding hydrogens is 465 g/mol. The van der Waals surface area contributed by atoms with Gasteiger partial charge >= 0.3 is 0 Å². The van der Waals surface area contributed by atoms with Crippen LogP contribution in [0.5, 0.6) is 0 Å². The lowest BCUT2D eigenvalue weighted by atomic mass is 9.87. The van der Waals surface area contributed by atoms with Crippen LogP contribution in [0.3, 0.4) is 0 Å². The van der Waals surface area contributed by atoms with Gasteiger partial charge in [0.2, 0.25) is 10.0 Å². The Balaban J connectivity index is 1.75. The van der Waals surface area contributed by atoms with Gasteiger partial charge in [0.05, 0.1) is 17.7 Å². The fraction of sp³-hybridized carbons (Fsp3) is 0.259. The second kappa shape index (κ2) is 10.9. The highest BCUT2D eigenvalue weighted by Gasteiger charge is 2.27. The summed E-state index contributed by atoms with van der Waals surface area (Å²) < 4.78 is 41.0. The lowest BCUT2D eigenvalue weighted by Crippen LogP contribution is -2.39. The Morgan fingerprint density at radius 3 is 2.14 bits per heavy atom. The second-order valence-corrected chi connectivity index (χ2v) is 11.3. The number of sulfonamides is 1. The van der Waals surface area contributed by atoms with Crippen molar-refractivity contribution < 1.29 is 17.6 Å². The number of rotatable bonds is 8. The summed E-state index contributed by atoms with van der Waals surface area (Å²) in [5.74, 6) is -1.02. The van der Waals surface area contributed by atoms with Crippen molar-refractivity contribution in [2.75, 3.05) is 6.54 Å². The van der Waals surface area contributed by atoms with Crippen LogP contribution in [-0.4, -0.2) is 31.4 Å². The third-order valence-electron chi connectivity index (χ3n) is 5.43. The summed E-state index contributed by atoms with van der Waals surface area (Å²) in [6.07, 6.45) is 1.50. The lowest BCUT2D eigenvalue weighted by molar-refractivity contribution is -0.121. The monoisotopic (exact) mass is 495 g/mol. The van der Waals surface area contributed by atoms with E-state index in [0.29, 0.717) is 5.56 Å². The van der Waals surface area contributed by atoms with Crippen LogP contribution >= 0.6 is 0 Å². The van der Waals surface area contributed by atoms with Gasteiger partial charge in [-0.3, -0.25) is 4.79 Å². The van der Waals surface area contributed by atoms with Gasteiger partial charge in [0.1, 0.15) is 5.82 Å². The van der Waals surface area contributed by atoms with E-state index in [1.807, 2.05) is 31.2 Å². The molecule has 0 atom stereocenters. The zero-order valence-electron chi connectivity index (χ0n) is 20.3. The van der Waals surface area contributed by atoms with Gasteiger partial charge in [0.15, 0.2) is 0 Å². The molecule has 8 heteroatoms. The molecule has 35 heavy (non-hydrogen) atoms. The van der Waals surface area contributed by atoms with Crippen LogP contribution in [0.4, 0.5) is 4.39 Å². The molecule has 0 heterocycles. The van der Waals surface area contributed by atoms with E-state index in [9.17, 15) is 17.6 Å². The summed E-state index contributed by atoms with van der Waals surface area (Å²) in [5, 5.41) is 3.98. The van der Waals surface area contributed by atoms with Crippen molar-refractivity contribution in [3.8, 4) is 0 Å². The Bertz CT molecular complexity index is 1280. The summed E-state index contributed by atoms with van der Waals surface area (Å²) in [5.41, 5.74) is 5.87. The van der Waals surface area contributed by atoms with Crippen LogP contribution in [0, 0.1) is 12.7 Å². The smallest absolute Gasteiger partial charge is 0.255 e. The standard InChI is InChI=1S/C27H30FN3O3S/c1-20-5-15-25(16-6-20)35(33,34)31(18-22-9-13-24(28)14-10-22)19-26(32)30-29-17-21-7-11-23(12-8-21)27(2,3)4/h5-17H,18-19H2,1-4H3,(H,30,32)/b29-17-. The first kappa shape index (κ1) is 26.2. The Morgan fingerprint density at radius 1 is 0.971 bits per heavy atom. The van der Waals surface area contributed by atoms with Gasteiger partial charge < -0.3 is 0 Å². The van der Waals surface area contributed by atoms with Crippen molar-refractivity contribution in [3.05, 3.63) is 101 Å². The number of carbonyl (C=O) groups excluding carboxylic acids is 1. The molecule has 184 valence electrons. The summed E-state index contributed by atoms with van der Waals surface area (Å²) >= 11 is 0. The predicted octanol–water partition coefficient (Wildman–Crippen LogP) is 4.77. The normalized spacial score (nSPS) is 12.3. The first-order chi connectivity index (χ1) is 16.4. The molecule has 0 aromatic heterocycles. The Hall–Kier alpha value is -3.36. The van der Waals surface area contributed by atoms with E-state index in [4.69, 9.17) is 0 Å². The van der Waals surface area contributed by atoms with Crippen LogP contribution in [0.25, 0.3) is 0 Å². The minimum absolute atomic E-state index is 0.0286. The molecule has 1 amide bonds. The average Bonchev–Trinajstić information content (AvgIpc) is 2.80. The van der Waals surface area contributed by atoms with Crippen LogP contribution in [0.2, 0.25) is 0 Å². The second-order valence-electron chi connectivity index (χ2n) is 9.38. The molecule has 3 rings (SSSR count). The molecule has 1 N–H and O–H groups in total. The molecule has 0 spiro atoms. The van der Waals surface area contributed by atoms with Gasteiger partial charge in [0, 0.05) is 6.54 Å². The molecule has 0 bridgehead atoms. The third kappa shape index (κ3) is 7.31. The molecular formula is C27H30FN3O3S. The average molecular weight is 496 g/mol. The van der Waals surface area contributed by atoms with Crippen molar-refractivity contribution in [2.24, 2.45) is 5.10 Å². The van der Waals surface area contributed by atoms with Crippen LogP contribution < -0.4 is 5.43 Å². The molecule has 0 aliphatic rings. The maximum absolute atomic E-state index is 13.3. The summed E-state index contributed by atoms with van der Waals surface area (Å²) in [6.45, 7) is 7.68. The third-order valence-corrected chi connectivity index (χ3v) is 7.24. The van der Waals surface area contributed by atoms with Crippen molar-refractivity contribution in [1.82, 2.24) is 9.73 Å². The van der Waals surface area contributed by atoms with Crippen LogP contribution in [-0.2, 0) is 26.8 Å². The number of aryl methyl sites for hydroxylation is 1. The molecule has 3 aromatic carbocycles. The van der Waals surface area contributed by atoms with Crippen LogP contribution in [0.15, 0.2) is 82.8 Å². The number of nitrogens with zero attached hydrogens (tertiary/aromatic N) is 2. The Kier molecular flexibility index (Phi) is 8.19. The number of hydrogen-bond acceptors (Lipinski definition) is 4. The molecule has 0 saturated carbocycles. The maximum Gasteiger partial charge on any atom is 0.255 e. The summed E-state index contributed by atoms with van der Waals surface area (Å²) in [7, 11) is -3.99. The number of hydrogen-bond donors (Lipinski definition) is 1. The van der Waals surface area contributed by atoms with Gasteiger partial charge in [-0.1, -0.05) is 74.9 Å². The molecule has 0 fully saturated rings. The summed E-state index contributed by atoms with van der Waals surface area (Å²) in [4.78, 5) is 12.7. The number of hydrazone groups is 1. The number of amides is 1. The number of nitrogens with one attached hydrogen (secondary N) is 1. The van der Waals surface area contributed by atoms with Crippen LogP contribution in [0.1, 0.15) is 43.0 Å². The van der Waals surface area contributed by atoms with Crippen molar-refractivity contribution in [2.45, 2.75) is 44.6 Å². The van der Waals surface area contributed by atoms with E-state index in [1.165, 1.54) is 48.2 Å². The first-order valence-corrected chi connectivity index (χ1v) is 12.6. The molecule has 6 nitrogen and oxygen atoms in total. The van der Waals surface area contributed by atoms with Gasteiger partial charge in [-0.05, 0) is 53.3 Å². The highest BCUT2D eigenvalue weighted by Crippen LogP contribution is 2.22. The maximum atomic E-state index is 13.3. The van der Waals surface area contributed by atoms with Crippen molar-refractivity contribution in [3.63, 3.8) is 0 Å². The van der Waals surface area contributed by atoms with Gasteiger partial charge in [-0.15, -0.1) is 0 Å². The Labute approximate surface area is 206 Å². The minimum Gasteiger partial charge on any atom is -0.272 e. The molecule has 0 unspecified atom stereocenters. The van der Waals surface area contributed by atoms with E-state index in [-0.39, 0.29) is 16.9 Å². The van der Waals surface area contributed by atoms with Gasteiger partial charge in [-0.25, -0.2) is 18.2 Å². The molecule has 0 radical (unpaired) electrons. The fourth-order valence-corrected chi connectivity index (χ4v) is 4.71. The van der Waals surface area contributed by atoms with Gasteiger partial charge in [-0.2, -0.15) is 9.41 Å². The molecule has 3 aromatic rings. The lowest BCUT2D eigenvalue weighted by Gasteiger charge is -2.21. The largest absolute Gasteiger partial charge is 0.272 e. The van der Waals surface area contributed by atoms with E-state index in [0.717, 1.165) is 15.4 Å². The number of halogens is 1. The zero-order chi connectivity index (χ0) is 25.6. The fourth-order valence-electron chi connectivity index (χ4n) is 3.32. The van der Waals surface area contributed by atoms with Gasteiger partial charge in [0.25, 0.3) is 5.91 Å². The first-order valence-electron chi connectivity index (χ1n) is 11.2. The SMILES string of the molecule is Cc1ccc(S(=O)(=O)N(CC(=O)N/N=C\c2ccc(C(C)(C)C)cc2)Cc2ccc(F)cc2)cc1. The van der Waals surface area contributed by atoms with Crippen molar-refractivity contribution >= 4 is 22.1 Å². The Morgan fingerprint density at radius 2 is 1.57 bits per heavy atom. The number of benzene rings is 3. The highest BCUT2D eigenvalue weighted by atomic mass is 32.2. The molecule has 0 aliphatic heterocycles. The summed E-state index contributed by atoms with van der Waals surface area (Å²) in [6, 6.07) is 19.7. The topological polar surface area (TPSA) is 78.8 Å².